The molecule has 0 aliphatic carbocycles. The van der Waals surface area contributed by atoms with Crippen LogP contribution in [0.3, 0.4) is 0 Å². The third-order valence-electron chi connectivity index (χ3n) is 3.66. The Labute approximate surface area is 156 Å². The van der Waals surface area contributed by atoms with E-state index >= 15 is 0 Å². The molecule has 1 unspecified atom stereocenters. The molecule has 122 valence electrons. The van der Waals surface area contributed by atoms with Gasteiger partial charge in [-0.05, 0) is 19.1 Å². The van der Waals surface area contributed by atoms with E-state index in [1.807, 2.05) is 0 Å². The van der Waals surface area contributed by atoms with Crippen molar-refractivity contribution in [3.8, 4) is 5.75 Å². The van der Waals surface area contributed by atoms with Crippen molar-refractivity contribution in [3.05, 3.63) is 33.9 Å². The zero-order valence-electron chi connectivity index (χ0n) is 12.7. The number of nitro benzene ring substituents is 1. The van der Waals surface area contributed by atoms with Gasteiger partial charge in [-0.3, -0.25) is 19.7 Å². The van der Waals surface area contributed by atoms with E-state index in [9.17, 15) is 29.9 Å². The van der Waals surface area contributed by atoms with E-state index in [1.165, 1.54) is 26.2 Å². The van der Waals surface area contributed by atoms with Crippen molar-refractivity contribution in [3.63, 3.8) is 0 Å². The van der Waals surface area contributed by atoms with E-state index in [4.69, 9.17) is 4.74 Å². The SMILES string of the molecule is COc1ccc(C(C)C(C)(C(=O)O)C(=O)O)c([N+](=O)[O-])c1.[BH4-].[Na+]. The topological polar surface area (TPSA) is 127 Å². The second-order valence-corrected chi connectivity index (χ2v) is 4.72. The third kappa shape index (κ3) is 4.46. The second-order valence-electron chi connectivity index (χ2n) is 4.72. The molecule has 1 aromatic carbocycles. The summed E-state index contributed by atoms with van der Waals surface area (Å²) in [6.45, 7) is 2.35. The largest absolute Gasteiger partial charge is 1.00 e. The van der Waals surface area contributed by atoms with E-state index in [2.05, 4.69) is 0 Å². The number of carboxylic acid groups (broad SMARTS) is 2. The normalized spacial score (nSPS) is 11.4. The molecule has 0 fully saturated rings. The molecule has 0 aliphatic rings. The number of hydrogen-bond acceptors (Lipinski definition) is 5. The number of nitro groups is 1. The van der Waals surface area contributed by atoms with Crippen LogP contribution in [0.5, 0.6) is 5.75 Å². The predicted octanol–water partition coefficient (Wildman–Crippen LogP) is -2.57. The van der Waals surface area contributed by atoms with Gasteiger partial charge in [-0.25, -0.2) is 0 Å². The summed E-state index contributed by atoms with van der Waals surface area (Å²) in [6.07, 6.45) is 0. The van der Waals surface area contributed by atoms with Crippen LogP contribution >= 0.6 is 0 Å². The van der Waals surface area contributed by atoms with Crippen LogP contribution in [0.1, 0.15) is 25.3 Å². The Balaban J connectivity index is 0. The van der Waals surface area contributed by atoms with E-state index < -0.39 is 28.2 Å². The van der Waals surface area contributed by atoms with Gasteiger partial charge < -0.3 is 14.9 Å². The number of aliphatic carboxylic acids is 2. The van der Waals surface area contributed by atoms with Crippen molar-refractivity contribution in [2.75, 3.05) is 7.11 Å². The predicted molar refractivity (Wildman–Crippen MR) is 82.8 cm³/mol. The number of ether oxygens (including phenoxy) is 1. The molecule has 10 heteroatoms. The first-order valence-electron chi connectivity index (χ1n) is 5.95. The Hall–Kier alpha value is -1.58. The molecule has 1 rings (SSSR count). The first kappa shape index (κ1) is 23.7. The van der Waals surface area contributed by atoms with E-state index in [0.717, 1.165) is 13.0 Å². The van der Waals surface area contributed by atoms with Crippen molar-refractivity contribution in [2.24, 2.45) is 5.41 Å². The molecule has 0 bridgehead atoms. The molecule has 0 radical (unpaired) electrons. The fourth-order valence-corrected chi connectivity index (χ4v) is 1.95. The summed E-state index contributed by atoms with van der Waals surface area (Å²) in [5.41, 5.74) is -2.54. The standard InChI is InChI=1S/C13H15NO7.BH4.Na/c1-7(13(2,11(15)16)12(17)18)9-5-4-8(21-3)6-10(9)14(19)20;;/h4-7H,1-3H3,(H,15,16)(H,17,18);1H4;/q;-1;+1. The quantitative estimate of drug-likeness (QED) is 0.253. The molecular formula is C13H19BNNaO7. The van der Waals surface area contributed by atoms with Crippen molar-refractivity contribution < 1.29 is 59.0 Å². The Morgan fingerprint density at radius 2 is 1.78 bits per heavy atom. The van der Waals surface area contributed by atoms with Gasteiger partial charge in [0.05, 0.1) is 18.1 Å². The van der Waals surface area contributed by atoms with E-state index in [0.29, 0.717) is 0 Å². The van der Waals surface area contributed by atoms with Crippen molar-refractivity contribution in [2.45, 2.75) is 19.8 Å². The smallest absolute Gasteiger partial charge is 0.497 e. The van der Waals surface area contributed by atoms with Crippen LogP contribution in [0.25, 0.3) is 0 Å². The molecule has 0 heterocycles. The van der Waals surface area contributed by atoms with Gasteiger partial charge in [0.25, 0.3) is 5.69 Å². The Morgan fingerprint density at radius 3 is 2.13 bits per heavy atom. The molecule has 23 heavy (non-hydrogen) atoms. The monoisotopic (exact) mass is 335 g/mol. The molecule has 0 aliphatic heterocycles. The summed E-state index contributed by atoms with van der Waals surface area (Å²) in [5.74, 6) is -4.01. The minimum absolute atomic E-state index is 0. The van der Waals surface area contributed by atoms with Gasteiger partial charge in [0.2, 0.25) is 0 Å². The van der Waals surface area contributed by atoms with Gasteiger partial charge in [0.1, 0.15) is 5.75 Å². The minimum atomic E-state index is -2.18. The molecular weight excluding hydrogens is 316 g/mol. The fraction of sp³-hybridized carbons (Fsp3) is 0.385. The van der Waals surface area contributed by atoms with Crippen LogP contribution in [0.15, 0.2) is 18.2 Å². The fourth-order valence-electron chi connectivity index (χ4n) is 1.95. The minimum Gasteiger partial charge on any atom is -0.497 e. The van der Waals surface area contributed by atoms with Crippen LogP contribution in [0.2, 0.25) is 0 Å². The molecule has 0 saturated carbocycles. The Bertz CT molecular complexity index is 594. The number of methoxy groups -OCH3 is 1. The number of carbonyl (C=O) groups is 2. The first-order chi connectivity index (χ1) is 9.66. The number of benzene rings is 1. The van der Waals surface area contributed by atoms with Crippen LogP contribution in [-0.2, 0) is 9.59 Å². The van der Waals surface area contributed by atoms with Crippen LogP contribution in [0, 0.1) is 15.5 Å². The third-order valence-corrected chi connectivity index (χ3v) is 3.66. The molecule has 0 spiro atoms. The number of hydrogen-bond donors (Lipinski definition) is 2. The number of carboxylic acids is 2. The number of rotatable bonds is 6. The second kappa shape index (κ2) is 8.90. The summed E-state index contributed by atoms with van der Waals surface area (Å²) >= 11 is 0. The maximum Gasteiger partial charge on any atom is 1.00 e. The van der Waals surface area contributed by atoms with Crippen LogP contribution < -0.4 is 34.3 Å². The zero-order valence-corrected chi connectivity index (χ0v) is 14.7. The summed E-state index contributed by atoms with van der Waals surface area (Å²) in [4.78, 5) is 33.0. The average Bonchev–Trinajstić information content (AvgIpc) is 2.44. The molecule has 2 N–H and O–H groups in total. The average molecular weight is 335 g/mol. The Kier molecular flexibility index (Phi) is 9.17. The van der Waals surface area contributed by atoms with Crippen molar-refractivity contribution in [1.29, 1.82) is 0 Å². The van der Waals surface area contributed by atoms with Crippen LogP contribution in [-0.4, -0.2) is 42.6 Å². The molecule has 1 atom stereocenters. The van der Waals surface area contributed by atoms with Gasteiger partial charge in [-0.2, -0.15) is 0 Å². The molecule has 1 aromatic rings. The summed E-state index contributed by atoms with van der Waals surface area (Å²) < 4.78 is 4.88. The maximum atomic E-state index is 11.3. The van der Waals surface area contributed by atoms with Gasteiger partial charge in [-0.15, -0.1) is 0 Å². The molecule has 8 nitrogen and oxygen atoms in total. The maximum absolute atomic E-state index is 11.3. The van der Waals surface area contributed by atoms with Crippen LogP contribution in [0.4, 0.5) is 5.69 Å². The van der Waals surface area contributed by atoms with Gasteiger partial charge in [0.15, 0.2) is 5.41 Å². The zero-order chi connectivity index (χ0) is 16.4. The molecule has 0 amide bonds. The number of nitrogens with zero attached hydrogens (tertiary/aromatic N) is 1. The van der Waals surface area contributed by atoms with Gasteiger partial charge >= 0.3 is 41.5 Å². The first-order valence-corrected chi connectivity index (χ1v) is 5.95. The summed E-state index contributed by atoms with van der Waals surface area (Å²) in [7, 11) is 1.33. The summed E-state index contributed by atoms with van der Waals surface area (Å²) in [6, 6.07) is 3.87. The Morgan fingerprint density at radius 1 is 1.30 bits per heavy atom. The van der Waals surface area contributed by atoms with E-state index in [1.54, 1.807) is 0 Å². The van der Waals surface area contributed by atoms with Gasteiger partial charge in [-0.1, -0.05) is 15.3 Å². The van der Waals surface area contributed by atoms with Crippen molar-refractivity contribution in [1.82, 2.24) is 0 Å². The molecule has 0 aromatic heterocycles. The molecule has 0 saturated heterocycles. The summed E-state index contributed by atoms with van der Waals surface area (Å²) in [5, 5.41) is 29.5. The van der Waals surface area contributed by atoms with Gasteiger partial charge in [0, 0.05) is 11.5 Å². The van der Waals surface area contributed by atoms with Crippen molar-refractivity contribution >= 4 is 26.0 Å². The van der Waals surface area contributed by atoms with E-state index in [-0.39, 0.29) is 55.0 Å².